The van der Waals surface area contributed by atoms with Crippen LogP contribution in [0.25, 0.3) is 0 Å². The minimum Gasteiger partial charge on any atom is -0.488 e. The number of carbonyl (C=O) groups is 1. The Morgan fingerprint density at radius 2 is 2.00 bits per heavy atom. The largest absolute Gasteiger partial charge is 0.488 e. The summed E-state index contributed by atoms with van der Waals surface area (Å²) < 4.78 is 60.6. The molecule has 0 unspecified atom stereocenters. The Balaban J connectivity index is 2.01. The van der Waals surface area contributed by atoms with Gasteiger partial charge in [-0.05, 0) is 25.1 Å². The number of imidazole rings is 1. The summed E-state index contributed by atoms with van der Waals surface area (Å²) >= 11 is 0. The summed E-state index contributed by atoms with van der Waals surface area (Å²) in [6.45, 7) is 3.49. The van der Waals surface area contributed by atoms with E-state index in [0.717, 1.165) is 6.26 Å². The zero-order valence-corrected chi connectivity index (χ0v) is 21.9. The Kier molecular flexibility index (Phi) is 7.79. The van der Waals surface area contributed by atoms with Crippen LogP contribution in [-0.2, 0) is 27.1 Å². The van der Waals surface area contributed by atoms with Crippen molar-refractivity contribution >= 4 is 31.6 Å². The van der Waals surface area contributed by atoms with E-state index in [1.54, 1.807) is 14.0 Å². The van der Waals surface area contributed by atoms with E-state index in [0.29, 0.717) is 0 Å². The van der Waals surface area contributed by atoms with Gasteiger partial charge in [0.05, 0.1) is 37.3 Å². The molecule has 3 rings (SSSR count). The van der Waals surface area contributed by atoms with Crippen LogP contribution in [0.4, 0.5) is 5.69 Å². The highest BCUT2D eigenvalue weighted by atomic mass is 32.2. The van der Waals surface area contributed by atoms with E-state index in [4.69, 9.17) is 4.74 Å². The van der Waals surface area contributed by atoms with E-state index < -0.39 is 38.1 Å². The molecule has 0 radical (unpaired) electrons. The third kappa shape index (κ3) is 6.12. The first-order chi connectivity index (χ1) is 16.2. The summed E-state index contributed by atoms with van der Waals surface area (Å²) in [4.78, 5) is 18.8. The lowest BCUT2D eigenvalue weighted by Gasteiger charge is -2.38. The van der Waals surface area contributed by atoms with Gasteiger partial charge in [-0.25, -0.2) is 17.7 Å². The molecule has 1 aromatic carbocycles. The Bertz CT molecular complexity index is 1290. The number of likely N-dealkylation sites (N-methyl/N-ethyl adjacent to an activating group) is 1. The lowest BCUT2D eigenvalue weighted by Crippen LogP contribution is -2.50. The maximum absolute atomic E-state index is 13.5. The molecule has 1 aromatic heterocycles. The van der Waals surface area contributed by atoms with Crippen LogP contribution >= 0.6 is 0 Å². The predicted octanol–water partition coefficient (Wildman–Crippen LogP) is 0.332. The molecule has 2 N–H and O–H groups in total. The quantitative estimate of drug-likeness (QED) is 0.497. The van der Waals surface area contributed by atoms with E-state index in [2.05, 4.69) is 9.71 Å². The van der Waals surface area contributed by atoms with Gasteiger partial charge in [-0.1, -0.05) is 6.92 Å². The molecule has 1 aliphatic heterocycles. The average Bonchev–Trinajstić information content (AvgIpc) is 3.22. The third-order valence-corrected chi connectivity index (χ3v) is 8.42. The van der Waals surface area contributed by atoms with E-state index in [9.17, 15) is 26.7 Å². The van der Waals surface area contributed by atoms with Gasteiger partial charge < -0.3 is 19.3 Å². The number of aromatic nitrogens is 2. The van der Waals surface area contributed by atoms with Gasteiger partial charge in [0, 0.05) is 38.4 Å². The molecule has 2 heterocycles. The second-order valence-electron chi connectivity index (χ2n) is 8.86. The van der Waals surface area contributed by atoms with Crippen molar-refractivity contribution in [1.29, 1.82) is 0 Å². The molecular weight excluding hydrogens is 498 g/mol. The first-order valence-corrected chi connectivity index (χ1v) is 14.2. The number of nitrogens with zero attached hydrogens (tertiary/aromatic N) is 4. The topological polar surface area (TPSA) is 151 Å². The van der Waals surface area contributed by atoms with Crippen LogP contribution < -0.4 is 9.46 Å². The molecule has 0 saturated heterocycles. The van der Waals surface area contributed by atoms with Crippen molar-refractivity contribution < 1.29 is 31.5 Å². The summed E-state index contributed by atoms with van der Waals surface area (Å²) in [6, 6.07) is 3.76. The molecule has 12 nitrogen and oxygen atoms in total. The SMILES string of the molecule is C[C@@H]1CN([C@@H](C)CO)C(=O)c2cc(NS(=O)(=O)c3cn(C)cn3)ccc2O[C@H]1CN(C)S(C)(=O)=O. The number of aliphatic hydroxyl groups is 1. The van der Waals surface area contributed by atoms with Crippen molar-refractivity contribution in [2.75, 3.05) is 37.7 Å². The molecule has 35 heavy (non-hydrogen) atoms. The van der Waals surface area contributed by atoms with Crippen LogP contribution in [0.2, 0.25) is 0 Å². The molecule has 0 fully saturated rings. The molecule has 14 heteroatoms. The molecule has 1 aliphatic rings. The first-order valence-electron chi connectivity index (χ1n) is 10.9. The molecular formula is C21H31N5O7S2. The summed E-state index contributed by atoms with van der Waals surface area (Å²) in [5.41, 5.74) is 0.215. The fourth-order valence-corrected chi connectivity index (χ4v) is 5.08. The van der Waals surface area contributed by atoms with Gasteiger partial charge in [-0.2, -0.15) is 8.42 Å². The molecule has 0 spiro atoms. The third-order valence-electron chi connectivity index (χ3n) is 5.88. The minimum absolute atomic E-state index is 0.0447. The van der Waals surface area contributed by atoms with E-state index in [-0.39, 0.29) is 47.6 Å². The number of hydrogen-bond acceptors (Lipinski definition) is 8. The number of carbonyl (C=O) groups excluding carboxylic acids is 1. The van der Waals surface area contributed by atoms with E-state index in [1.807, 2.05) is 6.92 Å². The maximum atomic E-state index is 13.5. The highest BCUT2D eigenvalue weighted by molar-refractivity contribution is 7.92. The van der Waals surface area contributed by atoms with Crippen LogP contribution in [0.5, 0.6) is 5.75 Å². The van der Waals surface area contributed by atoms with Crippen molar-refractivity contribution in [1.82, 2.24) is 18.8 Å². The lowest BCUT2D eigenvalue weighted by atomic mass is 9.99. The predicted molar refractivity (Wildman–Crippen MR) is 129 cm³/mol. The summed E-state index contributed by atoms with van der Waals surface area (Å²) in [7, 11) is -4.39. The fraction of sp³-hybridized carbons (Fsp3) is 0.524. The van der Waals surface area contributed by atoms with Crippen molar-refractivity contribution in [2.24, 2.45) is 13.0 Å². The van der Waals surface area contributed by atoms with Gasteiger partial charge in [0.25, 0.3) is 15.9 Å². The molecule has 0 bridgehead atoms. The van der Waals surface area contributed by atoms with Gasteiger partial charge in [-0.3, -0.25) is 9.52 Å². The monoisotopic (exact) mass is 529 g/mol. The number of rotatable bonds is 8. The highest BCUT2D eigenvalue weighted by Gasteiger charge is 2.34. The maximum Gasteiger partial charge on any atom is 0.280 e. The molecule has 3 atom stereocenters. The number of sulfonamides is 2. The number of hydrogen-bond donors (Lipinski definition) is 2. The van der Waals surface area contributed by atoms with Crippen LogP contribution in [-0.4, -0.2) is 91.8 Å². The number of fused-ring (bicyclic) bond motifs is 1. The highest BCUT2D eigenvalue weighted by Crippen LogP contribution is 2.31. The Labute approximate surface area is 205 Å². The minimum atomic E-state index is -4.00. The number of anilines is 1. The lowest BCUT2D eigenvalue weighted by molar-refractivity contribution is 0.0387. The van der Waals surface area contributed by atoms with Crippen molar-refractivity contribution in [2.45, 2.75) is 31.0 Å². The fourth-order valence-electron chi connectivity index (χ4n) is 3.63. The Morgan fingerprint density at radius 1 is 1.31 bits per heavy atom. The van der Waals surface area contributed by atoms with E-state index in [1.165, 1.54) is 51.5 Å². The zero-order valence-electron chi connectivity index (χ0n) is 20.2. The van der Waals surface area contributed by atoms with Gasteiger partial charge >= 0.3 is 0 Å². The zero-order chi connectivity index (χ0) is 26.1. The number of aliphatic hydroxyl groups excluding tert-OH is 1. The average molecular weight is 530 g/mol. The van der Waals surface area contributed by atoms with Crippen LogP contribution in [0.15, 0.2) is 35.7 Å². The van der Waals surface area contributed by atoms with E-state index >= 15 is 0 Å². The van der Waals surface area contributed by atoms with Crippen molar-refractivity contribution in [3.63, 3.8) is 0 Å². The van der Waals surface area contributed by atoms with Gasteiger partial charge in [0.15, 0.2) is 5.03 Å². The molecule has 0 saturated carbocycles. The normalized spacial score (nSPS) is 20.1. The Morgan fingerprint density at radius 3 is 2.57 bits per heavy atom. The summed E-state index contributed by atoms with van der Waals surface area (Å²) in [6.07, 6.45) is 3.19. The number of benzene rings is 1. The van der Waals surface area contributed by atoms with Crippen LogP contribution in [0.3, 0.4) is 0 Å². The number of ether oxygens (including phenoxy) is 1. The summed E-state index contributed by atoms with van der Waals surface area (Å²) in [5.74, 6) is -0.529. The van der Waals surface area contributed by atoms with Gasteiger partial charge in [0.2, 0.25) is 10.0 Å². The van der Waals surface area contributed by atoms with Gasteiger partial charge in [-0.15, -0.1) is 0 Å². The molecule has 194 valence electrons. The first kappa shape index (κ1) is 26.9. The second-order valence-corrected chi connectivity index (χ2v) is 12.6. The number of amides is 1. The standard InChI is InChI=1S/C21H31N5O7S2/c1-14-9-26(15(2)12-27)21(28)17-8-16(23-35(31,32)20-11-24(3)13-22-20)6-7-18(17)33-19(14)10-25(4)34(5,29)30/h6-8,11,13-15,19,23,27H,9-10,12H2,1-5H3/t14-,15+,19+/m1/s1. The number of aryl methyl sites for hydroxylation is 1. The molecule has 0 aliphatic carbocycles. The molecule has 2 aromatic rings. The Hall–Kier alpha value is -2.68. The van der Waals surface area contributed by atoms with Crippen LogP contribution in [0.1, 0.15) is 24.2 Å². The smallest absolute Gasteiger partial charge is 0.280 e. The second kappa shape index (κ2) is 10.1. The van der Waals surface area contributed by atoms with Crippen molar-refractivity contribution in [3.8, 4) is 5.75 Å². The molecule has 1 amide bonds. The van der Waals surface area contributed by atoms with Crippen LogP contribution in [0, 0.1) is 5.92 Å². The number of nitrogens with one attached hydrogen (secondary N) is 1. The van der Waals surface area contributed by atoms with Gasteiger partial charge in [0.1, 0.15) is 11.9 Å². The van der Waals surface area contributed by atoms with Crippen molar-refractivity contribution in [3.05, 3.63) is 36.3 Å². The summed E-state index contributed by atoms with van der Waals surface area (Å²) in [5, 5.41) is 9.56.